The molecule has 6 heteroatoms. The molecule has 0 unspecified atom stereocenters. The highest BCUT2D eigenvalue weighted by molar-refractivity contribution is 5.65. The summed E-state index contributed by atoms with van der Waals surface area (Å²) in [4.78, 5) is 0. The second kappa shape index (κ2) is 13.0. The van der Waals surface area contributed by atoms with Crippen molar-refractivity contribution in [2.45, 2.75) is 71.0 Å². The van der Waals surface area contributed by atoms with Gasteiger partial charge in [-0.2, -0.15) is 0 Å². The summed E-state index contributed by atoms with van der Waals surface area (Å²) in [5.41, 5.74) is 1.73. The van der Waals surface area contributed by atoms with Gasteiger partial charge in [0.05, 0.1) is 12.7 Å². The van der Waals surface area contributed by atoms with Crippen LogP contribution in [0.2, 0.25) is 0 Å². The van der Waals surface area contributed by atoms with Gasteiger partial charge in [-0.3, -0.25) is 0 Å². The Morgan fingerprint density at radius 3 is 2.19 bits per heavy atom. The molecule has 0 aromatic heterocycles. The van der Waals surface area contributed by atoms with Crippen LogP contribution in [0.15, 0.2) is 54.6 Å². The third-order valence-electron chi connectivity index (χ3n) is 6.97. The van der Waals surface area contributed by atoms with Crippen molar-refractivity contribution in [3.63, 3.8) is 0 Å². The van der Waals surface area contributed by atoms with Crippen molar-refractivity contribution in [2.24, 2.45) is 0 Å². The molecule has 0 atom stereocenters. The summed E-state index contributed by atoms with van der Waals surface area (Å²) in [6, 6.07) is 14.9. The van der Waals surface area contributed by atoms with E-state index in [1.165, 1.54) is 6.07 Å². The van der Waals surface area contributed by atoms with Gasteiger partial charge in [0.25, 0.3) is 0 Å². The zero-order chi connectivity index (χ0) is 26.2. The predicted octanol–water partition coefficient (Wildman–Crippen LogP) is 8.59. The first kappa shape index (κ1) is 27.1. The van der Waals surface area contributed by atoms with Gasteiger partial charge < -0.3 is 14.2 Å². The van der Waals surface area contributed by atoms with Crippen LogP contribution in [0.25, 0.3) is 11.1 Å². The molecule has 0 N–H and O–H groups in total. The number of benzene rings is 3. The summed E-state index contributed by atoms with van der Waals surface area (Å²) in [6.07, 6.45) is 5.71. The van der Waals surface area contributed by atoms with Crippen molar-refractivity contribution >= 4 is 0 Å². The summed E-state index contributed by atoms with van der Waals surface area (Å²) < 4.78 is 61.3. The molecule has 3 aromatic carbocycles. The lowest BCUT2D eigenvalue weighted by Gasteiger charge is -2.29. The van der Waals surface area contributed by atoms with Crippen LogP contribution in [0.1, 0.15) is 69.4 Å². The van der Waals surface area contributed by atoms with Crippen LogP contribution in [0.3, 0.4) is 0 Å². The van der Waals surface area contributed by atoms with Crippen LogP contribution in [0.5, 0.6) is 11.5 Å². The largest absolute Gasteiger partial charge is 0.494 e. The number of ether oxygens (including phenoxy) is 3. The van der Waals surface area contributed by atoms with E-state index in [1.807, 2.05) is 6.92 Å². The predicted molar refractivity (Wildman–Crippen MR) is 140 cm³/mol. The van der Waals surface area contributed by atoms with Gasteiger partial charge in [0.1, 0.15) is 23.9 Å². The molecule has 0 bridgehead atoms. The fourth-order valence-electron chi connectivity index (χ4n) is 4.84. The summed E-state index contributed by atoms with van der Waals surface area (Å²) >= 11 is 0. The fraction of sp³-hybridized carbons (Fsp3) is 0.419. The molecule has 3 aromatic rings. The first-order valence-electron chi connectivity index (χ1n) is 13.2. The van der Waals surface area contributed by atoms with E-state index in [0.717, 1.165) is 45.1 Å². The van der Waals surface area contributed by atoms with E-state index in [9.17, 15) is 13.2 Å². The highest BCUT2D eigenvalue weighted by Gasteiger charge is 2.26. The number of halogens is 3. The first-order valence-corrected chi connectivity index (χ1v) is 13.2. The van der Waals surface area contributed by atoms with Crippen LogP contribution in [-0.4, -0.2) is 19.3 Å². The molecule has 0 heterocycles. The van der Waals surface area contributed by atoms with E-state index in [-0.39, 0.29) is 30.0 Å². The summed E-state index contributed by atoms with van der Waals surface area (Å²) in [6.45, 7) is 5.11. The molecule has 37 heavy (non-hydrogen) atoms. The van der Waals surface area contributed by atoms with Gasteiger partial charge in [0, 0.05) is 23.8 Å². The molecule has 1 aliphatic rings. The average Bonchev–Trinajstić information content (AvgIpc) is 2.91. The molecule has 0 aliphatic heterocycles. The minimum absolute atomic E-state index is 0.00559. The molecule has 1 fully saturated rings. The maximum Gasteiger partial charge on any atom is 0.165 e. The van der Waals surface area contributed by atoms with Crippen molar-refractivity contribution in [1.29, 1.82) is 0 Å². The van der Waals surface area contributed by atoms with E-state index in [1.54, 1.807) is 48.5 Å². The number of rotatable bonds is 11. The monoisotopic (exact) mass is 512 g/mol. The molecule has 0 radical (unpaired) electrons. The quantitative estimate of drug-likeness (QED) is 0.241. The normalized spacial score (nSPS) is 17.5. The topological polar surface area (TPSA) is 27.7 Å². The summed E-state index contributed by atoms with van der Waals surface area (Å²) in [5.74, 6) is -1.04. The zero-order valence-electron chi connectivity index (χ0n) is 21.6. The van der Waals surface area contributed by atoms with E-state index in [2.05, 4.69) is 6.92 Å². The van der Waals surface area contributed by atoms with Crippen LogP contribution in [0, 0.1) is 17.5 Å². The minimum Gasteiger partial charge on any atom is -0.494 e. The SMILES string of the molecule is CCCCOC1CCC(c2ccc(COc3ccc(-c4ccc(OCC)cc4F)cc3)c(F)c2F)CC1. The summed E-state index contributed by atoms with van der Waals surface area (Å²) in [7, 11) is 0. The van der Waals surface area contributed by atoms with Crippen molar-refractivity contribution in [1.82, 2.24) is 0 Å². The van der Waals surface area contributed by atoms with Crippen molar-refractivity contribution in [3.05, 3.63) is 83.2 Å². The molecule has 1 saturated carbocycles. The Kier molecular flexibility index (Phi) is 9.51. The van der Waals surface area contributed by atoms with Crippen LogP contribution >= 0.6 is 0 Å². The highest BCUT2D eigenvalue weighted by atomic mass is 19.2. The standard InChI is InChI=1S/C31H35F3O3/c1-3-5-18-36-24-11-8-22(9-12-24)28-16-10-23(30(33)31(28)34)20-37-25-13-6-21(7-14-25)27-17-15-26(35-4-2)19-29(27)32/h6-7,10,13-17,19,22,24H,3-5,8-9,11-12,18,20H2,1-2H3. The van der Waals surface area contributed by atoms with Crippen molar-refractivity contribution in [3.8, 4) is 22.6 Å². The molecule has 0 spiro atoms. The van der Waals surface area contributed by atoms with Gasteiger partial charge in [0.15, 0.2) is 11.6 Å². The Morgan fingerprint density at radius 2 is 1.51 bits per heavy atom. The molecule has 0 saturated heterocycles. The minimum atomic E-state index is -0.855. The number of hydrogen-bond acceptors (Lipinski definition) is 3. The maximum absolute atomic E-state index is 15.0. The van der Waals surface area contributed by atoms with Crippen molar-refractivity contribution in [2.75, 3.05) is 13.2 Å². The van der Waals surface area contributed by atoms with E-state index >= 15 is 0 Å². The number of hydrogen-bond donors (Lipinski definition) is 0. The molecule has 4 rings (SSSR count). The van der Waals surface area contributed by atoms with E-state index in [0.29, 0.717) is 34.8 Å². The molecule has 0 amide bonds. The van der Waals surface area contributed by atoms with E-state index < -0.39 is 11.6 Å². The molecular weight excluding hydrogens is 477 g/mol. The zero-order valence-corrected chi connectivity index (χ0v) is 21.6. The Labute approximate surface area is 217 Å². The fourth-order valence-corrected chi connectivity index (χ4v) is 4.84. The van der Waals surface area contributed by atoms with Gasteiger partial charge in [-0.1, -0.05) is 37.6 Å². The third kappa shape index (κ3) is 6.86. The Balaban J connectivity index is 1.35. The van der Waals surface area contributed by atoms with Gasteiger partial charge >= 0.3 is 0 Å². The molecule has 1 aliphatic carbocycles. The summed E-state index contributed by atoms with van der Waals surface area (Å²) in [5, 5.41) is 0. The van der Waals surface area contributed by atoms with Gasteiger partial charge in [-0.25, -0.2) is 13.2 Å². The van der Waals surface area contributed by atoms with Crippen molar-refractivity contribution < 1.29 is 27.4 Å². The van der Waals surface area contributed by atoms with Crippen LogP contribution < -0.4 is 9.47 Å². The lowest BCUT2D eigenvalue weighted by atomic mass is 9.82. The maximum atomic E-state index is 15.0. The Hall–Kier alpha value is -2.99. The first-order chi connectivity index (χ1) is 18.0. The lowest BCUT2D eigenvalue weighted by Crippen LogP contribution is -2.22. The number of unbranched alkanes of at least 4 members (excludes halogenated alkanes) is 1. The van der Waals surface area contributed by atoms with Crippen LogP contribution in [0.4, 0.5) is 13.2 Å². The highest BCUT2D eigenvalue weighted by Crippen LogP contribution is 2.36. The molecule has 198 valence electrons. The second-order valence-electron chi connectivity index (χ2n) is 9.53. The second-order valence-corrected chi connectivity index (χ2v) is 9.53. The third-order valence-corrected chi connectivity index (χ3v) is 6.97. The van der Waals surface area contributed by atoms with Gasteiger partial charge in [0.2, 0.25) is 0 Å². The van der Waals surface area contributed by atoms with E-state index in [4.69, 9.17) is 14.2 Å². The lowest BCUT2D eigenvalue weighted by molar-refractivity contribution is 0.0230. The average molecular weight is 513 g/mol. The van der Waals surface area contributed by atoms with Crippen LogP contribution in [-0.2, 0) is 11.3 Å². The Bertz CT molecular complexity index is 1160. The molecular formula is C31H35F3O3. The molecule has 3 nitrogen and oxygen atoms in total. The Morgan fingerprint density at radius 1 is 0.784 bits per heavy atom. The smallest absolute Gasteiger partial charge is 0.165 e. The van der Waals surface area contributed by atoms with Gasteiger partial charge in [-0.15, -0.1) is 0 Å². The van der Waals surface area contributed by atoms with Gasteiger partial charge in [-0.05, 0) is 80.3 Å².